The van der Waals surface area contributed by atoms with Gasteiger partial charge < -0.3 is 5.73 Å². The number of sulfonamides is 1. The highest BCUT2D eigenvalue weighted by Crippen LogP contribution is 2.23. The minimum absolute atomic E-state index is 0. The number of nitrogens with zero attached hydrogens (tertiary/aromatic N) is 1. The average molecular weight is 328 g/mol. The SMILES string of the molecule is Cc1nc(C)c(S(=O)(=O)NC(CN)CC(C)C)s1.Cl. The molecule has 0 saturated carbocycles. The molecule has 0 aliphatic heterocycles. The molecule has 3 N–H and O–H groups in total. The summed E-state index contributed by atoms with van der Waals surface area (Å²) >= 11 is 1.19. The molecule has 0 spiro atoms. The zero-order valence-corrected chi connectivity index (χ0v) is 14.1. The summed E-state index contributed by atoms with van der Waals surface area (Å²) in [6.07, 6.45) is 0.729. The van der Waals surface area contributed by atoms with Gasteiger partial charge in [0.2, 0.25) is 0 Å². The van der Waals surface area contributed by atoms with E-state index in [0.717, 1.165) is 11.4 Å². The molecule has 5 nitrogen and oxygen atoms in total. The third-order valence-electron chi connectivity index (χ3n) is 2.47. The molecule has 0 fully saturated rings. The Kier molecular flexibility index (Phi) is 7.46. The molecule has 19 heavy (non-hydrogen) atoms. The van der Waals surface area contributed by atoms with E-state index in [1.54, 1.807) is 13.8 Å². The zero-order valence-electron chi connectivity index (χ0n) is 11.6. The maximum Gasteiger partial charge on any atom is 0.252 e. The Hall–Kier alpha value is -0.210. The maximum atomic E-state index is 12.2. The van der Waals surface area contributed by atoms with Gasteiger partial charge in [0.1, 0.15) is 0 Å². The van der Waals surface area contributed by atoms with Crippen LogP contribution in [-0.2, 0) is 10.0 Å². The van der Waals surface area contributed by atoms with E-state index in [2.05, 4.69) is 9.71 Å². The van der Waals surface area contributed by atoms with Crippen LogP contribution in [0.25, 0.3) is 0 Å². The zero-order chi connectivity index (χ0) is 13.9. The summed E-state index contributed by atoms with van der Waals surface area (Å²) in [6, 6.07) is -0.225. The van der Waals surface area contributed by atoms with E-state index in [4.69, 9.17) is 5.73 Å². The van der Waals surface area contributed by atoms with Gasteiger partial charge in [-0.1, -0.05) is 13.8 Å². The molecule has 112 valence electrons. The van der Waals surface area contributed by atoms with Crippen molar-refractivity contribution in [3.8, 4) is 0 Å². The molecule has 0 aliphatic rings. The predicted molar refractivity (Wildman–Crippen MR) is 81.5 cm³/mol. The van der Waals surface area contributed by atoms with Gasteiger partial charge in [0.15, 0.2) is 4.21 Å². The highest BCUT2D eigenvalue weighted by Gasteiger charge is 2.24. The monoisotopic (exact) mass is 327 g/mol. The van der Waals surface area contributed by atoms with Crippen LogP contribution in [0.5, 0.6) is 0 Å². The van der Waals surface area contributed by atoms with Crippen LogP contribution in [0.1, 0.15) is 31.0 Å². The fourth-order valence-electron chi connectivity index (χ4n) is 1.80. The van der Waals surface area contributed by atoms with E-state index in [1.807, 2.05) is 13.8 Å². The van der Waals surface area contributed by atoms with Crippen molar-refractivity contribution in [3.63, 3.8) is 0 Å². The van der Waals surface area contributed by atoms with Crippen molar-refractivity contribution in [2.75, 3.05) is 6.54 Å². The number of nitrogens with two attached hydrogens (primary N) is 1. The Bertz CT molecular complexity index is 500. The van der Waals surface area contributed by atoms with Crippen LogP contribution < -0.4 is 10.5 Å². The first-order chi connectivity index (χ1) is 8.26. The van der Waals surface area contributed by atoms with Gasteiger partial charge in [0.05, 0.1) is 10.7 Å². The third-order valence-corrected chi connectivity index (χ3v) is 5.67. The van der Waals surface area contributed by atoms with Crippen molar-refractivity contribution in [2.45, 2.75) is 44.4 Å². The van der Waals surface area contributed by atoms with E-state index < -0.39 is 10.0 Å². The van der Waals surface area contributed by atoms with Gasteiger partial charge in [0, 0.05) is 12.6 Å². The van der Waals surface area contributed by atoms with Crippen molar-refractivity contribution in [3.05, 3.63) is 10.7 Å². The van der Waals surface area contributed by atoms with Crippen LogP contribution in [0.15, 0.2) is 4.21 Å². The van der Waals surface area contributed by atoms with Crippen LogP contribution in [0.3, 0.4) is 0 Å². The lowest BCUT2D eigenvalue weighted by atomic mass is 10.1. The molecular formula is C11H22ClN3O2S2. The molecular weight excluding hydrogens is 306 g/mol. The number of aromatic nitrogens is 1. The maximum absolute atomic E-state index is 12.2. The Morgan fingerprint density at radius 2 is 1.95 bits per heavy atom. The second-order valence-electron chi connectivity index (χ2n) is 4.79. The van der Waals surface area contributed by atoms with Crippen LogP contribution in [0, 0.1) is 19.8 Å². The van der Waals surface area contributed by atoms with Gasteiger partial charge in [-0.05, 0) is 26.2 Å². The first kappa shape index (κ1) is 18.8. The Morgan fingerprint density at radius 1 is 1.37 bits per heavy atom. The van der Waals surface area contributed by atoms with Crippen LogP contribution in [-0.4, -0.2) is 26.0 Å². The molecule has 0 saturated heterocycles. The first-order valence-electron chi connectivity index (χ1n) is 5.92. The van der Waals surface area contributed by atoms with Crippen LogP contribution in [0.2, 0.25) is 0 Å². The number of thiazole rings is 1. The van der Waals surface area contributed by atoms with E-state index in [1.165, 1.54) is 11.3 Å². The standard InChI is InChI=1S/C11H21N3O2S2.ClH/c1-7(2)5-10(6-12)14-18(15,16)11-8(3)13-9(4)17-11;/h7,10,14H,5-6,12H2,1-4H3;1H. The summed E-state index contributed by atoms with van der Waals surface area (Å²) in [6.45, 7) is 7.88. The number of halogens is 1. The summed E-state index contributed by atoms with van der Waals surface area (Å²) in [5.41, 5.74) is 6.16. The van der Waals surface area contributed by atoms with Gasteiger partial charge in [-0.2, -0.15) is 0 Å². The number of rotatable bonds is 6. The molecule has 0 bridgehead atoms. The number of aryl methyl sites for hydroxylation is 2. The summed E-state index contributed by atoms with van der Waals surface area (Å²) in [5, 5.41) is 0.751. The number of hydrogen-bond acceptors (Lipinski definition) is 5. The summed E-state index contributed by atoms with van der Waals surface area (Å²) in [4.78, 5) is 4.14. The first-order valence-corrected chi connectivity index (χ1v) is 8.22. The second kappa shape index (κ2) is 7.54. The molecule has 0 aromatic carbocycles. The second-order valence-corrected chi connectivity index (χ2v) is 7.90. The number of hydrogen-bond donors (Lipinski definition) is 2. The molecule has 0 amide bonds. The van der Waals surface area contributed by atoms with Gasteiger partial charge >= 0.3 is 0 Å². The third kappa shape index (κ3) is 5.35. The van der Waals surface area contributed by atoms with Gasteiger partial charge in [-0.3, -0.25) is 0 Å². The van der Waals surface area contributed by atoms with Gasteiger partial charge in [0.25, 0.3) is 10.0 Å². The summed E-state index contributed by atoms with van der Waals surface area (Å²) in [5.74, 6) is 0.394. The van der Waals surface area contributed by atoms with E-state index in [9.17, 15) is 8.42 Å². The Morgan fingerprint density at radius 3 is 2.32 bits per heavy atom. The normalized spacial score (nSPS) is 13.4. The molecule has 1 unspecified atom stereocenters. The fraction of sp³-hybridized carbons (Fsp3) is 0.727. The minimum atomic E-state index is -3.50. The lowest BCUT2D eigenvalue weighted by molar-refractivity contribution is 0.465. The van der Waals surface area contributed by atoms with E-state index in [0.29, 0.717) is 22.4 Å². The molecule has 0 radical (unpaired) electrons. The summed E-state index contributed by atoms with van der Waals surface area (Å²) in [7, 11) is -3.50. The van der Waals surface area contributed by atoms with Gasteiger partial charge in [-0.15, -0.1) is 23.7 Å². The topological polar surface area (TPSA) is 85.1 Å². The van der Waals surface area contributed by atoms with Crippen LogP contribution >= 0.6 is 23.7 Å². The summed E-state index contributed by atoms with van der Waals surface area (Å²) < 4.78 is 27.4. The molecule has 1 heterocycles. The minimum Gasteiger partial charge on any atom is -0.329 e. The van der Waals surface area contributed by atoms with Crippen molar-refractivity contribution in [1.82, 2.24) is 9.71 Å². The fourth-order valence-corrected chi connectivity index (χ4v) is 4.56. The molecule has 1 atom stereocenters. The van der Waals surface area contributed by atoms with E-state index in [-0.39, 0.29) is 18.4 Å². The lowest BCUT2D eigenvalue weighted by Crippen LogP contribution is -2.40. The van der Waals surface area contributed by atoms with Gasteiger partial charge in [-0.25, -0.2) is 18.1 Å². The molecule has 0 aliphatic carbocycles. The van der Waals surface area contributed by atoms with Crippen molar-refractivity contribution >= 4 is 33.8 Å². The van der Waals surface area contributed by atoms with Crippen molar-refractivity contribution in [1.29, 1.82) is 0 Å². The molecule has 8 heteroatoms. The van der Waals surface area contributed by atoms with Crippen LogP contribution in [0.4, 0.5) is 0 Å². The smallest absolute Gasteiger partial charge is 0.252 e. The lowest BCUT2D eigenvalue weighted by Gasteiger charge is -2.18. The van der Waals surface area contributed by atoms with Crippen molar-refractivity contribution < 1.29 is 8.42 Å². The Labute approximate surface area is 125 Å². The highest BCUT2D eigenvalue weighted by molar-refractivity contribution is 7.91. The molecule has 1 rings (SSSR count). The predicted octanol–water partition coefficient (Wildman–Crippen LogP) is 1.83. The van der Waals surface area contributed by atoms with Crippen molar-refractivity contribution in [2.24, 2.45) is 11.7 Å². The quantitative estimate of drug-likeness (QED) is 0.834. The molecule has 1 aromatic rings. The Balaban J connectivity index is 0.00000324. The average Bonchev–Trinajstić information content (AvgIpc) is 2.56. The molecule has 1 aromatic heterocycles. The number of nitrogens with one attached hydrogen (secondary N) is 1. The largest absolute Gasteiger partial charge is 0.329 e. The van der Waals surface area contributed by atoms with E-state index >= 15 is 0 Å². The highest BCUT2D eigenvalue weighted by atomic mass is 35.5.